The van der Waals surface area contributed by atoms with Gasteiger partial charge < -0.3 is 9.52 Å². The summed E-state index contributed by atoms with van der Waals surface area (Å²) in [5, 5.41) is 9.53. The van der Waals surface area contributed by atoms with Gasteiger partial charge in [-0.1, -0.05) is 0 Å². The second kappa shape index (κ2) is 3.54. The largest absolute Gasteiger partial charge is 0.475 e. The molecule has 0 bridgehead atoms. The predicted molar refractivity (Wildman–Crippen MR) is 63.6 cm³/mol. The average Bonchev–Trinajstić information content (AvgIpc) is 2.47. The molecule has 2 rings (SSSR count). The van der Waals surface area contributed by atoms with Gasteiger partial charge in [-0.15, -0.1) is 0 Å². The third kappa shape index (κ3) is 1.66. The summed E-state index contributed by atoms with van der Waals surface area (Å²) in [6, 6.07) is 5.26. The number of carbonyl (C=O) groups is 1. The number of furan rings is 1. The van der Waals surface area contributed by atoms with Crippen molar-refractivity contribution in [3.05, 3.63) is 32.0 Å². The lowest BCUT2D eigenvalue weighted by atomic mass is 10.2. The highest BCUT2D eigenvalue weighted by atomic mass is 127. The molecule has 0 aliphatic heterocycles. The summed E-state index contributed by atoms with van der Waals surface area (Å²) in [6.07, 6.45) is 0. The number of benzene rings is 1. The van der Waals surface area contributed by atoms with Crippen LogP contribution in [-0.4, -0.2) is 11.1 Å². The molecule has 2 aromatic rings. The van der Waals surface area contributed by atoms with Gasteiger partial charge in [0.1, 0.15) is 5.58 Å². The number of fused-ring (bicyclic) bond motifs is 1. The van der Waals surface area contributed by atoms with E-state index < -0.39 is 5.97 Å². The molecule has 1 aromatic carbocycles. The van der Waals surface area contributed by atoms with E-state index in [0.717, 1.165) is 13.4 Å². The maximum atomic E-state index is 10.7. The van der Waals surface area contributed by atoms with Crippen LogP contribution in [0.3, 0.4) is 0 Å². The monoisotopic (exact) mass is 366 g/mol. The number of aromatic carboxylic acids is 1. The summed E-state index contributed by atoms with van der Waals surface area (Å²) in [5.74, 6) is -1.09. The van der Waals surface area contributed by atoms with Crippen LogP contribution in [-0.2, 0) is 0 Å². The molecule has 0 aliphatic carbocycles. The van der Waals surface area contributed by atoms with Crippen molar-refractivity contribution in [1.29, 1.82) is 0 Å². The fourth-order valence-electron chi connectivity index (χ4n) is 1.18. The van der Waals surface area contributed by atoms with E-state index in [1.165, 1.54) is 6.07 Å². The van der Waals surface area contributed by atoms with Gasteiger partial charge >= 0.3 is 5.97 Å². The van der Waals surface area contributed by atoms with Crippen LogP contribution in [0.25, 0.3) is 11.0 Å². The molecule has 72 valence electrons. The number of hydrogen-bond donors (Lipinski definition) is 1. The molecule has 5 heteroatoms. The summed E-state index contributed by atoms with van der Waals surface area (Å²) in [5.41, 5.74) is 0.572. The van der Waals surface area contributed by atoms with E-state index >= 15 is 0 Å². The average molecular weight is 367 g/mol. The lowest BCUT2D eigenvalue weighted by Crippen LogP contribution is -1.91. The second-order valence-corrected chi connectivity index (χ2v) is 4.82. The van der Waals surface area contributed by atoms with Crippen LogP contribution in [0.5, 0.6) is 0 Å². The Balaban J connectivity index is 2.76. The minimum absolute atomic E-state index is 0.0392. The summed E-state index contributed by atoms with van der Waals surface area (Å²) in [7, 11) is 0. The zero-order valence-corrected chi connectivity index (χ0v) is 10.5. The SMILES string of the molecule is O=C(O)c1cc2cc(I)cc(Br)c2o1. The molecule has 14 heavy (non-hydrogen) atoms. The summed E-state index contributed by atoms with van der Waals surface area (Å²) >= 11 is 5.48. The molecule has 0 fully saturated rings. The standard InChI is InChI=1S/C9H4BrIO3/c10-6-3-5(11)1-4-2-7(9(12)13)14-8(4)6/h1-3H,(H,12,13). The van der Waals surface area contributed by atoms with Crippen molar-refractivity contribution in [2.45, 2.75) is 0 Å². The van der Waals surface area contributed by atoms with Gasteiger partial charge in [-0.3, -0.25) is 0 Å². The molecule has 0 unspecified atom stereocenters. The van der Waals surface area contributed by atoms with Gasteiger partial charge in [0.2, 0.25) is 5.76 Å². The molecule has 3 nitrogen and oxygen atoms in total. The van der Waals surface area contributed by atoms with E-state index in [2.05, 4.69) is 38.5 Å². The number of hydrogen-bond acceptors (Lipinski definition) is 2. The highest BCUT2D eigenvalue weighted by Crippen LogP contribution is 2.29. The molecule has 1 N–H and O–H groups in total. The number of rotatable bonds is 1. The molecule has 0 amide bonds. The second-order valence-electron chi connectivity index (χ2n) is 2.72. The van der Waals surface area contributed by atoms with Crippen LogP contribution in [0.1, 0.15) is 10.6 Å². The van der Waals surface area contributed by atoms with Gasteiger partial charge in [0.05, 0.1) is 4.47 Å². The molecule has 0 saturated carbocycles. The topological polar surface area (TPSA) is 50.4 Å². The first kappa shape index (κ1) is 9.97. The third-order valence-corrected chi connectivity index (χ3v) is 2.96. The van der Waals surface area contributed by atoms with Gasteiger partial charge in [0.25, 0.3) is 0 Å². The molecule has 1 heterocycles. The molecule has 0 spiro atoms. The van der Waals surface area contributed by atoms with E-state index in [1.807, 2.05) is 12.1 Å². The fraction of sp³-hybridized carbons (Fsp3) is 0. The molecule has 1 aromatic heterocycles. The van der Waals surface area contributed by atoms with Crippen LogP contribution in [0.15, 0.2) is 27.1 Å². The van der Waals surface area contributed by atoms with Crippen molar-refractivity contribution in [2.24, 2.45) is 0 Å². The van der Waals surface area contributed by atoms with Crippen LogP contribution in [0.4, 0.5) is 0 Å². The van der Waals surface area contributed by atoms with Crippen LogP contribution in [0, 0.1) is 3.57 Å². The van der Waals surface area contributed by atoms with E-state index in [4.69, 9.17) is 9.52 Å². The zero-order valence-electron chi connectivity index (χ0n) is 6.75. The van der Waals surface area contributed by atoms with Crippen molar-refractivity contribution >= 4 is 55.5 Å². The Bertz CT molecular complexity index is 518. The normalized spacial score (nSPS) is 10.7. The molecule has 0 atom stereocenters. The van der Waals surface area contributed by atoms with Gasteiger partial charge in [-0.25, -0.2) is 4.79 Å². The first-order valence-corrected chi connectivity index (χ1v) is 5.57. The van der Waals surface area contributed by atoms with Gasteiger partial charge in [0.15, 0.2) is 0 Å². The van der Waals surface area contributed by atoms with E-state index in [9.17, 15) is 4.79 Å². The smallest absolute Gasteiger partial charge is 0.371 e. The van der Waals surface area contributed by atoms with E-state index in [1.54, 1.807) is 0 Å². The highest BCUT2D eigenvalue weighted by Gasteiger charge is 2.12. The van der Waals surface area contributed by atoms with Crippen molar-refractivity contribution in [3.8, 4) is 0 Å². The van der Waals surface area contributed by atoms with Crippen molar-refractivity contribution < 1.29 is 14.3 Å². The summed E-state index contributed by atoms with van der Waals surface area (Å²) in [6.45, 7) is 0. The zero-order chi connectivity index (χ0) is 10.3. The predicted octanol–water partition coefficient (Wildman–Crippen LogP) is 3.50. The van der Waals surface area contributed by atoms with E-state index in [-0.39, 0.29) is 5.76 Å². The van der Waals surface area contributed by atoms with Crippen LogP contribution < -0.4 is 0 Å². The number of carboxylic acid groups (broad SMARTS) is 1. The fourth-order valence-corrected chi connectivity index (χ4v) is 2.81. The third-order valence-electron chi connectivity index (χ3n) is 1.75. The minimum Gasteiger partial charge on any atom is -0.475 e. The molecular formula is C9H4BrIO3. The Kier molecular flexibility index (Phi) is 2.52. The molecule has 0 radical (unpaired) electrons. The Hall–Kier alpha value is -0.560. The quantitative estimate of drug-likeness (QED) is 0.786. The minimum atomic E-state index is -1.05. The van der Waals surface area contributed by atoms with E-state index in [0.29, 0.717) is 5.58 Å². The maximum absolute atomic E-state index is 10.7. The van der Waals surface area contributed by atoms with Crippen molar-refractivity contribution in [1.82, 2.24) is 0 Å². The van der Waals surface area contributed by atoms with Gasteiger partial charge in [-0.2, -0.15) is 0 Å². The first-order valence-electron chi connectivity index (χ1n) is 3.70. The molecule has 0 saturated heterocycles. The molecule has 0 aliphatic rings. The summed E-state index contributed by atoms with van der Waals surface area (Å²) < 4.78 is 6.96. The number of halogens is 2. The van der Waals surface area contributed by atoms with Crippen molar-refractivity contribution in [3.63, 3.8) is 0 Å². The first-order chi connectivity index (χ1) is 6.58. The Labute approximate surface area is 101 Å². The maximum Gasteiger partial charge on any atom is 0.371 e. The lowest BCUT2D eigenvalue weighted by molar-refractivity contribution is 0.0665. The van der Waals surface area contributed by atoms with Gasteiger partial charge in [0, 0.05) is 8.96 Å². The van der Waals surface area contributed by atoms with Crippen molar-refractivity contribution in [2.75, 3.05) is 0 Å². The van der Waals surface area contributed by atoms with Crippen LogP contribution in [0.2, 0.25) is 0 Å². The van der Waals surface area contributed by atoms with Crippen LogP contribution >= 0.6 is 38.5 Å². The van der Waals surface area contributed by atoms with Gasteiger partial charge in [-0.05, 0) is 56.7 Å². The molecular weight excluding hydrogens is 363 g/mol. The highest BCUT2D eigenvalue weighted by molar-refractivity contribution is 14.1. The Morgan fingerprint density at radius 1 is 1.43 bits per heavy atom. The summed E-state index contributed by atoms with van der Waals surface area (Å²) in [4.78, 5) is 10.7. The Morgan fingerprint density at radius 2 is 2.14 bits per heavy atom. The lowest BCUT2D eigenvalue weighted by Gasteiger charge is -1.93. The Morgan fingerprint density at radius 3 is 2.79 bits per heavy atom. The number of carboxylic acids is 1.